The molecule has 0 aromatic carbocycles. The third-order valence-corrected chi connectivity index (χ3v) is 6.64. The zero-order valence-corrected chi connectivity index (χ0v) is 13.6. The predicted octanol–water partition coefficient (Wildman–Crippen LogP) is 2.86. The van der Waals surface area contributed by atoms with E-state index in [0.717, 1.165) is 18.8 Å². The Morgan fingerprint density at radius 1 is 1.48 bits per heavy atom. The lowest BCUT2D eigenvalue weighted by Crippen LogP contribution is -2.41. The second-order valence-electron chi connectivity index (χ2n) is 5.71. The number of aryl methyl sites for hydroxylation is 1. The Kier molecular flexibility index (Phi) is 4.26. The Balaban J connectivity index is 1.80. The first-order chi connectivity index (χ1) is 10.1. The van der Waals surface area contributed by atoms with Crippen LogP contribution in [0.25, 0.3) is 0 Å². The third kappa shape index (κ3) is 2.83. The van der Waals surface area contributed by atoms with Crippen LogP contribution in [0.15, 0.2) is 6.07 Å². The first kappa shape index (κ1) is 14.9. The maximum absolute atomic E-state index is 12.6. The number of thiophene rings is 1. The number of nitrogens with zero attached hydrogens (tertiary/aromatic N) is 1. The Morgan fingerprint density at radius 3 is 3.00 bits per heavy atom. The van der Waals surface area contributed by atoms with Gasteiger partial charge in [-0.15, -0.1) is 23.1 Å². The van der Waals surface area contributed by atoms with Crippen molar-refractivity contribution in [2.75, 3.05) is 11.6 Å². The Morgan fingerprint density at radius 2 is 2.29 bits per heavy atom. The Bertz CT molecular complexity index is 569. The fourth-order valence-electron chi connectivity index (χ4n) is 3.04. The van der Waals surface area contributed by atoms with Gasteiger partial charge in [0.1, 0.15) is 6.04 Å². The highest BCUT2D eigenvalue weighted by atomic mass is 32.2. The number of carbonyl (C=O) groups excluding carboxylic acids is 1. The molecule has 2 heterocycles. The van der Waals surface area contributed by atoms with Gasteiger partial charge in [-0.2, -0.15) is 0 Å². The maximum atomic E-state index is 12.6. The van der Waals surface area contributed by atoms with E-state index in [1.807, 2.05) is 6.07 Å². The molecule has 2 unspecified atom stereocenters. The molecule has 4 nitrogen and oxygen atoms in total. The summed E-state index contributed by atoms with van der Waals surface area (Å²) >= 11 is 3.07. The van der Waals surface area contributed by atoms with Crippen molar-refractivity contribution in [2.24, 2.45) is 5.92 Å². The van der Waals surface area contributed by atoms with Crippen LogP contribution >= 0.6 is 23.1 Å². The fraction of sp³-hybridized carbons (Fsp3) is 0.600. The van der Waals surface area contributed by atoms with E-state index >= 15 is 0 Å². The van der Waals surface area contributed by atoms with E-state index in [2.05, 4.69) is 6.92 Å². The van der Waals surface area contributed by atoms with E-state index in [0.29, 0.717) is 16.5 Å². The van der Waals surface area contributed by atoms with E-state index in [4.69, 9.17) is 0 Å². The highest BCUT2D eigenvalue weighted by molar-refractivity contribution is 7.99. The molecule has 1 fully saturated rings. The third-order valence-electron chi connectivity index (χ3n) is 4.40. The van der Waals surface area contributed by atoms with Crippen molar-refractivity contribution < 1.29 is 14.7 Å². The first-order valence-corrected chi connectivity index (χ1v) is 9.30. The molecule has 3 rings (SSSR count). The lowest BCUT2D eigenvalue weighted by atomic mass is 9.87. The second kappa shape index (κ2) is 6.01. The van der Waals surface area contributed by atoms with Crippen LogP contribution in [0.5, 0.6) is 0 Å². The van der Waals surface area contributed by atoms with Gasteiger partial charge in [0.15, 0.2) is 0 Å². The largest absolute Gasteiger partial charge is 0.480 e. The van der Waals surface area contributed by atoms with E-state index < -0.39 is 12.0 Å². The molecule has 1 aliphatic carbocycles. The van der Waals surface area contributed by atoms with Gasteiger partial charge >= 0.3 is 5.97 Å². The van der Waals surface area contributed by atoms with Gasteiger partial charge in [-0.25, -0.2) is 4.79 Å². The minimum absolute atomic E-state index is 0.111. The van der Waals surface area contributed by atoms with Crippen molar-refractivity contribution in [3.63, 3.8) is 0 Å². The van der Waals surface area contributed by atoms with Gasteiger partial charge in [-0.05, 0) is 36.8 Å². The average Bonchev–Trinajstić information content (AvgIpc) is 3.12. The summed E-state index contributed by atoms with van der Waals surface area (Å²) in [5.41, 5.74) is 1.31. The molecule has 1 aliphatic heterocycles. The summed E-state index contributed by atoms with van der Waals surface area (Å²) in [6.07, 6.45) is 4.51. The fourth-order valence-corrected chi connectivity index (χ4v) is 5.35. The molecule has 21 heavy (non-hydrogen) atoms. The zero-order valence-electron chi connectivity index (χ0n) is 12.0. The summed E-state index contributed by atoms with van der Waals surface area (Å²) in [6.45, 7) is 2.22. The Hall–Kier alpha value is -1.01. The number of rotatable bonds is 3. The number of hydrogen-bond acceptors (Lipinski definition) is 4. The van der Waals surface area contributed by atoms with Crippen LogP contribution in [0.3, 0.4) is 0 Å². The quantitative estimate of drug-likeness (QED) is 0.928. The molecule has 0 bridgehead atoms. The van der Waals surface area contributed by atoms with Crippen LogP contribution in [-0.4, -0.2) is 39.6 Å². The van der Waals surface area contributed by atoms with Crippen molar-refractivity contribution in [2.45, 2.75) is 38.6 Å². The van der Waals surface area contributed by atoms with Gasteiger partial charge < -0.3 is 10.0 Å². The van der Waals surface area contributed by atoms with Crippen LogP contribution in [0, 0.1) is 5.92 Å². The molecule has 0 radical (unpaired) electrons. The van der Waals surface area contributed by atoms with Crippen LogP contribution < -0.4 is 0 Å². The number of aliphatic carboxylic acids is 1. The van der Waals surface area contributed by atoms with Gasteiger partial charge in [0.05, 0.1) is 10.8 Å². The minimum atomic E-state index is -0.902. The van der Waals surface area contributed by atoms with Crippen molar-refractivity contribution >= 4 is 35.0 Å². The normalized spacial score (nSPS) is 24.9. The molecule has 0 saturated carbocycles. The smallest absolute Gasteiger partial charge is 0.327 e. The molecule has 1 amide bonds. The number of carboxylic acid groups (broad SMARTS) is 1. The minimum Gasteiger partial charge on any atom is -0.480 e. The number of amides is 1. The van der Waals surface area contributed by atoms with Gasteiger partial charge in [0.2, 0.25) is 0 Å². The van der Waals surface area contributed by atoms with Gasteiger partial charge in [0.25, 0.3) is 5.91 Å². The van der Waals surface area contributed by atoms with Crippen LogP contribution in [0.2, 0.25) is 0 Å². The van der Waals surface area contributed by atoms with Crippen LogP contribution in [0.4, 0.5) is 0 Å². The highest BCUT2D eigenvalue weighted by Crippen LogP contribution is 2.35. The number of fused-ring (bicyclic) bond motifs is 1. The van der Waals surface area contributed by atoms with Crippen molar-refractivity contribution in [3.05, 3.63) is 21.4 Å². The highest BCUT2D eigenvalue weighted by Gasteiger charge is 2.36. The summed E-state index contributed by atoms with van der Waals surface area (Å²) < 4.78 is 0. The molecule has 2 aliphatic rings. The molecule has 6 heteroatoms. The molecule has 1 saturated heterocycles. The SMILES string of the molecule is CCC1CCc2sc(C(=O)N3CSCC3C(=O)O)cc2C1. The van der Waals surface area contributed by atoms with Crippen LogP contribution in [-0.2, 0) is 17.6 Å². The Labute approximate surface area is 132 Å². The van der Waals surface area contributed by atoms with E-state index in [1.54, 1.807) is 11.3 Å². The molecule has 114 valence electrons. The monoisotopic (exact) mass is 325 g/mol. The van der Waals surface area contributed by atoms with Gasteiger partial charge in [-0.3, -0.25) is 4.79 Å². The molecule has 1 aromatic rings. The summed E-state index contributed by atoms with van der Waals surface area (Å²) in [5, 5.41) is 9.20. The standard InChI is InChI=1S/C15H19NO3S2/c1-2-9-3-4-12-10(5-9)6-13(21-12)14(17)16-8-20-7-11(16)15(18)19/h6,9,11H,2-5,7-8H2,1H3,(H,18,19). The number of thioether (sulfide) groups is 1. The first-order valence-electron chi connectivity index (χ1n) is 7.33. The van der Waals surface area contributed by atoms with Gasteiger partial charge in [-0.1, -0.05) is 13.3 Å². The van der Waals surface area contributed by atoms with E-state index in [1.165, 1.54) is 39.9 Å². The second-order valence-corrected chi connectivity index (χ2v) is 7.84. The molecule has 1 aromatic heterocycles. The number of carboxylic acids is 1. The van der Waals surface area contributed by atoms with Crippen molar-refractivity contribution in [1.29, 1.82) is 0 Å². The topological polar surface area (TPSA) is 57.6 Å². The molecular formula is C15H19NO3S2. The molecule has 0 spiro atoms. The number of hydrogen-bond donors (Lipinski definition) is 1. The molecular weight excluding hydrogens is 306 g/mol. The predicted molar refractivity (Wildman–Crippen MR) is 85.0 cm³/mol. The van der Waals surface area contributed by atoms with E-state index in [9.17, 15) is 14.7 Å². The average molecular weight is 325 g/mol. The van der Waals surface area contributed by atoms with Crippen molar-refractivity contribution in [1.82, 2.24) is 4.90 Å². The maximum Gasteiger partial charge on any atom is 0.327 e. The molecule has 1 N–H and O–H groups in total. The lowest BCUT2D eigenvalue weighted by molar-refractivity contribution is -0.140. The lowest BCUT2D eigenvalue weighted by Gasteiger charge is -2.19. The summed E-state index contributed by atoms with van der Waals surface area (Å²) in [5.74, 6) is 0.685. The van der Waals surface area contributed by atoms with Gasteiger partial charge in [0, 0.05) is 10.6 Å². The van der Waals surface area contributed by atoms with Crippen molar-refractivity contribution in [3.8, 4) is 0 Å². The summed E-state index contributed by atoms with van der Waals surface area (Å²) in [6, 6.07) is 1.33. The molecule has 2 atom stereocenters. The van der Waals surface area contributed by atoms with E-state index in [-0.39, 0.29) is 5.91 Å². The van der Waals surface area contributed by atoms with Crippen LogP contribution in [0.1, 0.15) is 39.9 Å². The number of carbonyl (C=O) groups is 2. The summed E-state index contributed by atoms with van der Waals surface area (Å²) in [7, 11) is 0. The zero-order chi connectivity index (χ0) is 15.0. The summed E-state index contributed by atoms with van der Waals surface area (Å²) in [4.78, 5) is 27.3.